The van der Waals surface area contributed by atoms with Gasteiger partial charge >= 0.3 is 0 Å². The van der Waals surface area contributed by atoms with E-state index in [0.29, 0.717) is 33.5 Å². The third kappa shape index (κ3) is 4.09. The number of hydrogen-bond acceptors (Lipinski definition) is 5. The molecule has 2 rings (SSSR count). The maximum atomic E-state index is 12.6. The molecule has 0 saturated heterocycles. The summed E-state index contributed by atoms with van der Waals surface area (Å²) in [5.41, 5.74) is 1.84. The lowest BCUT2D eigenvalue weighted by Gasteiger charge is -2.16. The highest BCUT2D eigenvalue weighted by atomic mass is 35.5. The molecule has 134 valence electrons. The molecule has 2 aromatic rings. The lowest BCUT2D eigenvalue weighted by molar-refractivity contribution is 0.102. The van der Waals surface area contributed by atoms with E-state index in [-0.39, 0.29) is 5.91 Å². The van der Waals surface area contributed by atoms with Crippen molar-refractivity contribution >= 4 is 28.9 Å². The first-order valence-corrected chi connectivity index (χ1v) is 7.87. The Morgan fingerprint density at radius 3 is 2.04 bits per heavy atom. The summed E-state index contributed by atoms with van der Waals surface area (Å²) in [7, 11) is 8.30. The fourth-order valence-electron chi connectivity index (χ4n) is 2.36. The zero-order chi connectivity index (χ0) is 18.6. The number of methoxy groups -OCH3 is 3. The van der Waals surface area contributed by atoms with E-state index in [0.717, 1.165) is 5.69 Å². The Morgan fingerprint density at radius 2 is 1.60 bits per heavy atom. The van der Waals surface area contributed by atoms with Crippen molar-refractivity contribution in [1.29, 1.82) is 0 Å². The third-order valence-corrected chi connectivity index (χ3v) is 3.92. The summed E-state index contributed by atoms with van der Waals surface area (Å²) >= 11 is 6.24. The van der Waals surface area contributed by atoms with Gasteiger partial charge in [-0.3, -0.25) is 4.79 Å². The highest BCUT2D eigenvalue weighted by molar-refractivity contribution is 6.33. The SMILES string of the molecule is COc1cc(C(=O)Nc2ccc(N(C)C)c(Cl)c2)cc(OC)c1OC. The van der Waals surface area contributed by atoms with Crippen LogP contribution >= 0.6 is 11.6 Å². The first-order chi connectivity index (χ1) is 11.9. The largest absolute Gasteiger partial charge is 0.493 e. The standard InChI is InChI=1S/C18H21ClN2O4/c1-21(2)14-7-6-12(10-13(14)19)20-18(22)11-8-15(23-3)17(25-5)16(9-11)24-4/h6-10H,1-5H3,(H,20,22). The Morgan fingerprint density at radius 1 is 1.00 bits per heavy atom. The number of ether oxygens (including phenoxy) is 3. The van der Waals surface area contributed by atoms with E-state index in [1.165, 1.54) is 21.3 Å². The molecule has 0 aliphatic heterocycles. The zero-order valence-electron chi connectivity index (χ0n) is 14.8. The minimum absolute atomic E-state index is 0.312. The molecule has 0 saturated carbocycles. The van der Waals surface area contributed by atoms with E-state index in [4.69, 9.17) is 25.8 Å². The molecule has 7 heteroatoms. The van der Waals surface area contributed by atoms with Gasteiger partial charge in [-0.05, 0) is 30.3 Å². The molecule has 6 nitrogen and oxygen atoms in total. The predicted octanol–water partition coefficient (Wildman–Crippen LogP) is 3.68. The van der Waals surface area contributed by atoms with E-state index in [2.05, 4.69) is 5.32 Å². The van der Waals surface area contributed by atoms with E-state index >= 15 is 0 Å². The molecule has 0 aliphatic rings. The number of rotatable bonds is 6. The number of benzene rings is 2. The normalized spacial score (nSPS) is 10.2. The van der Waals surface area contributed by atoms with Crippen molar-refractivity contribution in [2.45, 2.75) is 0 Å². The van der Waals surface area contributed by atoms with Gasteiger partial charge in [0.1, 0.15) is 0 Å². The summed E-state index contributed by atoms with van der Waals surface area (Å²) in [5, 5.41) is 3.36. The van der Waals surface area contributed by atoms with Crippen molar-refractivity contribution in [2.75, 3.05) is 45.6 Å². The number of halogens is 1. The van der Waals surface area contributed by atoms with Crippen LogP contribution in [-0.2, 0) is 0 Å². The van der Waals surface area contributed by atoms with Gasteiger partial charge in [0, 0.05) is 25.3 Å². The van der Waals surface area contributed by atoms with Crippen LogP contribution in [0.1, 0.15) is 10.4 Å². The summed E-state index contributed by atoms with van der Waals surface area (Å²) < 4.78 is 15.8. The Labute approximate surface area is 152 Å². The van der Waals surface area contributed by atoms with Crippen molar-refractivity contribution in [3.05, 3.63) is 40.9 Å². The molecule has 2 aromatic carbocycles. The summed E-state index contributed by atoms with van der Waals surface area (Å²) in [4.78, 5) is 14.5. The number of nitrogens with one attached hydrogen (secondary N) is 1. The molecule has 0 radical (unpaired) electrons. The van der Waals surface area contributed by atoms with Crippen LogP contribution in [0, 0.1) is 0 Å². The predicted molar refractivity (Wildman–Crippen MR) is 99.8 cm³/mol. The van der Waals surface area contributed by atoms with Gasteiger partial charge in [-0.2, -0.15) is 0 Å². The summed E-state index contributed by atoms with van der Waals surface area (Å²) in [6.07, 6.45) is 0. The van der Waals surface area contributed by atoms with E-state index < -0.39 is 0 Å². The number of carbonyl (C=O) groups excluding carboxylic acids is 1. The van der Waals surface area contributed by atoms with Gasteiger partial charge in [-0.25, -0.2) is 0 Å². The number of anilines is 2. The molecule has 0 unspecified atom stereocenters. The highest BCUT2D eigenvalue weighted by Gasteiger charge is 2.17. The van der Waals surface area contributed by atoms with Gasteiger partial charge in [-0.1, -0.05) is 11.6 Å². The third-order valence-electron chi connectivity index (χ3n) is 3.61. The lowest BCUT2D eigenvalue weighted by Crippen LogP contribution is -2.13. The molecule has 0 aromatic heterocycles. The summed E-state index contributed by atoms with van der Waals surface area (Å²) in [6, 6.07) is 8.51. The first kappa shape index (κ1) is 18.7. The minimum atomic E-state index is -0.312. The molecule has 1 amide bonds. The van der Waals surface area contributed by atoms with Crippen LogP contribution in [0.15, 0.2) is 30.3 Å². The lowest BCUT2D eigenvalue weighted by atomic mass is 10.1. The quantitative estimate of drug-likeness (QED) is 0.847. The van der Waals surface area contributed by atoms with Crippen molar-refractivity contribution in [3.63, 3.8) is 0 Å². The van der Waals surface area contributed by atoms with Crippen LogP contribution in [0.5, 0.6) is 17.2 Å². The highest BCUT2D eigenvalue weighted by Crippen LogP contribution is 2.38. The molecule has 25 heavy (non-hydrogen) atoms. The van der Waals surface area contributed by atoms with Crippen LogP contribution in [0.4, 0.5) is 11.4 Å². The molecule has 0 heterocycles. The van der Waals surface area contributed by atoms with Crippen molar-refractivity contribution < 1.29 is 19.0 Å². The molecule has 1 N–H and O–H groups in total. The second-order valence-electron chi connectivity index (χ2n) is 5.43. The molecule has 0 atom stereocenters. The van der Waals surface area contributed by atoms with Crippen LogP contribution in [0.3, 0.4) is 0 Å². The molecule has 0 bridgehead atoms. The van der Waals surface area contributed by atoms with Gasteiger partial charge in [0.15, 0.2) is 11.5 Å². The number of nitrogens with zero attached hydrogens (tertiary/aromatic N) is 1. The molecule has 0 spiro atoms. The van der Waals surface area contributed by atoms with E-state index in [1.807, 2.05) is 25.1 Å². The number of carbonyl (C=O) groups is 1. The van der Waals surface area contributed by atoms with Crippen molar-refractivity contribution in [2.24, 2.45) is 0 Å². The van der Waals surface area contributed by atoms with E-state index in [9.17, 15) is 4.79 Å². The molecule has 0 aliphatic carbocycles. The Balaban J connectivity index is 2.31. The molecular formula is C18H21ClN2O4. The van der Waals surface area contributed by atoms with Crippen LogP contribution in [0.25, 0.3) is 0 Å². The minimum Gasteiger partial charge on any atom is -0.493 e. The average molecular weight is 365 g/mol. The van der Waals surface area contributed by atoms with Crippen LogP contribution in [0.2, 0.25) is 5.02 Å². The van der Waals surface area contributed by atoms with Gasteiger partial charge in [0.25, 0.3) is 5.91 Å². The van der Waals surface area contributed by atoms with Gasteiger partial charge in [0.2, 0.25) is 5.75 Å². The maximum Gasteiger partial charge on any atom is 0.255 e. The van der Waals surface area contributed by atoms with Gasteiger partial charge in [0.05, 0.1) is 32.0 Å². The Hall–Kier alpha value is -2.60. The molecule has 0 fully saturated rings. The molecular weight excluding hydrogens is 344 g/mol. The average Bonchev–Trinajstić information content (AvgIpc) is 2.59. The van der Waals surface area contributed by atoms with Crippen LogP contribution < -0.4 is 24.4 Å². The smallest absolute Gasteiger partial charge is 0.255 e. The monoisotopic (exact) mass is 364 g/mol. The summed E-state index contributed by atoms with van der Waals surface area (Å²) in [6.45, 7) is 0. The second-order valence-corrected chi connectivity index (χ2v) is 5.84. The van der Waals surface area contributed by atoms with Gasteiger partial charge in [-0.15, -0.1) is 0 Å². The summed E-state index contributed by atoms with van der Waals surface area (Å²) in [5.74, 6) is 0.939. The first-order valence-electron chi connectivity index (χ1n) is 7.49. The van der Waals surface area contributed by atoms with Gasteiger partial charge < -0.3 is 24.4 Å². The fourth-order valence-corrected chi connectivity index (χ4v) is 2.71. The topological polar surface area (TPSA) is 60.0 Å². The maximum absolute atomic E-state index is 12.6. The Kier molecular flexibility index (Phi) is 5.98. The van der Waals surface area contributed by atoms with Crippen molar-refractivity contribution in [3.8, 4) is 17.2 Å². The number of hydrogen-bond donors (Lipinski definition) is 1. The Bertz CT molecular complexity index is 753. The van der Waals surface area contributed by atoms with Crippen molar-refractivity contribution in [1.82, 2.24) is 0 Å². The second kappa shape index (κ2) is 7.98. The fraction of sp³-hybridized carbons (Fsp3) is 0.278. The number of amides is 1. The van der Waals surface area contributed by atoms with Crippen LogP contribution in [-0.4, -0.2) is 41.3 Å². The van der Waals surface area contributed by atoms with E-state index in [1.54, 1.807) is 24.3 Å². The zero-order valence-corrected chi connectivity index (χ0v) is 15.6.